The Morgan fingerprint density at radius 2 is 1.63 bits per heavy atom. The number of rotatable bonds is 4. The van der Waals surface area contributed by atoms with Crippen LogP contribution in [0.25, 0.3) is 0 Å². The summed E-state index contributed by atoms with van der Waals surface area (Å²) in [5, 5.41) is 10.9. The predicted octanol–water partition coefficient (Wildman–Crippen LogP) is 6.39. The lowest BCUT2D eigenvalue weighted by molar-refractivity contribution is 0.102. The number of aryl methyl sites for hydroxylation is 2. The summed E-state index contributed by atoms with van der Waals surface area (Å²) >= 11 is 7.19. The molecule has 0 spiro atoms. The number of hydrogen-bond acceptors (Lipinski definition) is 3. The Kier molecular flexibility index (Phi) is 6.45. The van der Waals surface area contributed by atoms with Crippen LogP contribution in [-0.4, -0.2) is 11.0 Å². The predicted molar refractivity (Wildman–Crippen MR) is 131 cm³/mol. The molecule has 3 N–H and O–H groups in total. The molecule has 0 fully saturated rings. The molecule has 3 aromatic rings. The highest BCUT2D eigenvalue weighted by Gasteiger charge is 2.25. The lowest BCUT2D eigenvalue weighted by Gasteiger charge is -2.13. The molecule has 0 radical (unpaired) electrons. The molecule has 0 atom stereocenters. The molecule has 0 saturated heterocycles. The maximum atomic E-state index is 13.4. The normalized spacial score (nSPS) is 13.1. The molecule has 1 amide bonds. The van der Waals surface area contributed by atoms with Gasteiger partial charge in [0.1, 0.15) is 5.00 Å². The Balaban J connectivity index is 1.62. The van der Waals surface area contributed by atoms with Crippen molar-refractivity contribution in [3.63, 3.8) is 0 Å². The summed E-state index contributed by atoms with van der Waals surface area (Å²) in [4.78, 5) is 14.7. The van der Waals surface area contributed by atoms with E-state index in [1.54, 1.807) is 11.3 Å². The monoisotopic (exact) mass is 435 g/mol. The molecule has 0 bridgehead atoms. The highest BCUT2D eigenvalue weighted by atomic mass is 32.1. The number of carbonyl (C=O) groups is 1. The number of hydrogen-bond donors (Lipinski definition) is 3. The topological polar surface area (TPSA) is 53.2 Å². The van der Waals surface area contributed by atoms with Crippen LogP contribution < -0.4 is 16.0 Å². The summed E-state index contributed by atoms with van der Waals surface area (Å²) in [5.74, 6) is -0.0753. The maximum Gasteiger partial charge on any atom is 0.258 e. The van der Waals surface area contributed by atoms with Gasteiger partial charge in [-0.25, -0.2) is 0 Å². The molecule has 1 aliphatic rings. The van der Waals surface area contributed by atoms with Crippen molar-refractivity contribution in [2.75, 3.05) is 16.0 Å². The average molecular weight is 436 g/mol. The molecule has 0 unspecified atom stereocenters. The molecule has 2 aromatic carbocycles. The van der Waals surface area contributed by atoms with Gasteiger partial charge in [0, 0.05) is 16.3 Å². The van der Waals surface area contributed by atoms with Gasteiger partial charge in [0.25, 0.3) is 5.91 Å². The minimum Gasteiger partial charge on any atom is -0.332 e. The van der Waals surface area contributed by atoms with Crippen molar-refractivity contribution in [1.82, 2.24) is 0 Å². The first kappa shape index (κ1) is 20.6. The van der Waals surface area contributed by atoms with Crippen LogP contribution in [0.3, 0.4) is 0 Å². The molecular weight excluding hydrogens is 410 g/mol. The Labute approximate surface area is 186 Å². The van der Waals surface area contributed by atoms with E-state index in [9.17, 15) is 4.79 Å². The molecule has 1 heterocycles. The van der Waals surface area contributed by atoms with Gasteiger partial charge in [-0.2, -0.15) is 0 Å². The molecule has 30 heavy (non-hydrogen) atoms. The van der Waals surface area contributed by atoms with Crippen LogP contribution in [0.15, 0.2) is 54.6 Å². The van der Waals surface area contributed by atoms with Gasteiger partial charge in [0.15, 0.2) is 5.11 Å². The second-order valence-electron chi connectivity index (χ2n) is 7.48. The summed E-state index contributed by atoms with van der Waals surface area (Å²) in [7, 11) is 0. The van der Waals surface area contributed by atoms with E-state index in [2.05, 4.69) is 16.0 Å². The van der Waals surface area contributed by atoms with Gasteiger partial charge in [-0.15, -0.1) is 11.3 Å². The van der Waals surface area contributed by atoms with Crippen LogP contribution >= 0.6 is 23.6 Å². The van der Waals surface area contributed by atoms with E-state index in [1.807, 2.05) is 61.5 Å². The second kappa shape index (κ2) is 9.41. The van der Waals surface area contributed by atoms with E-state index in [0.29, 0.717) is 5.11 Å². The van der Waals surface area contributed by atoms with E-state index >= 15 is 0 Å². The van der Waals surface area contributed by atoms with Gasteiger partial charge in [0.05, 0.1) is 5.56 Å². The number of amides is 1. The molecule has 154 valence electrons. The molecule has 4 rings (SSSR count). The van der Waals surface area contributed by atoms with Crippen molar-refractivity contribution < 1.29 is 4.79 Å². The van der Waals surface area contributed by atoms with E-state index in [-0.39, 0.29) is 5.91 Å². The Morgan fingerprint density at radius 3 is 2.43 bits per heavy atom. The Hall–Kier alpha value is -2.70. The van der Waals surface area contributed by atoms with Gasteiger partial charge in [-0.3, -0.25) is 4.79 Å². The van der Waals surface area contributed by atoms with E-state index in [1.165, 1.54) is 23.3 Å². The average Bonchev–Trinajstić information content (AvgIpc) is 2.90. The number of benzene rings is 2. The zero-order chi connectivity index (χ0) is 20.9. The molecular formula is C24H25N3OS2. The smallest absolute Gasteiger partial charge is 0.258 e. The third kappa shape index (κ3) is 4.71. The van der Waals surface area contributed by atoms with Crippen LogP contribution in [0.4, 0.5) is 16.4 Å². The van der Waals surface area contributed by atoms with Gasteiger partial charge >= 0.3 is 0 Å². The minimum atomic E-state index is -0.0753. The zero-order valence-corrected chi connectivity index (χ0v) is 18.6. The molecule has 1 aromatic heterocycles. The summed E-state index contributed by atoms with van der Waals surface area (Å²) < 4.78 is 0. The van der Waals surface area contributed by atoms with Crippen molar-refractivity contribution in [2.45, 2.75) is 39.0 Å². The third-order valence-electron chi connectivity index (χ3n) is 5.30. The van der Waals surface area contributed by atoms with Crippen molar-refractivity contribution in [2.24, 2.45) is 0 Å². The SMILES string of the molecule is Cc1ccccc1NC(=O)c1c(NC(=S)Nc2ccccc2)sc2c1CCCCC2. The van der Waals surface area contributed by atoms with Crippen LogP contribution in [0.5, 0.6) is 0 Å². The van der Waals surface area contributed by atoms with Gasteiger partial charge in [0.2, 0.25) is 0 Å². The largest absolute Gasteiger partial charge is 0.332 e. The highest BCUT2D eigenvalue weighted by Crippen LogP contribution is 2.38. The molecule has 0 saturated carbocycles. The molecule has 4 nitrogen and oxygen atoms in total. The number of thiocarbonyl (C=S) groups is 1. The van der Waals surface area contributed by atoms with Crippen LogP contribution in [-0.2, 0) is 12.8 Å². The molecule has 0 aliphatic heterocycles. The minimum absolute atomic E-state index is 0.0753. The quantitative estimate of drug-likeness (QED) is 0.328. The molecule has 1 aliphatic carbocycles. The standard InChI is InChI=1S/C24H25N3OS2/c1-16-10-8-9-14-19(16)26-22(28)21-18-13-6-3-7-15-20(18)30-23(21)27-24(29)25-17-11-4-2-5-12-17/h2,4-5,8-12,14H,3,6-7,13,15H2,1H3,(H,26,28)(H2,25,27,29). The van der Waals surface area contributed by atoms with Gasteiger partial charge in [-0.1, -0.05) is 42.8 Å². The highest BCUT2D eigenvalue weighted by molar-refractivity contribution is 7.80. The number of anilines is 3. The first-order valence-electron chi connectivity index (χ1n) is 10.3. The van der Waals surface area contributed by atoms with E-state index in [4.69, 9.17) is 12.2 Å². The van der Waals surface area contributed by atoms with E-state index < -0.39 is 0 Å². The fourth-order valence-electron chi connectivity index (χ4n) is 3.76. The first-order chi connectivity index (χ1) is 14.6. The third-order valence-corrected chi connectivity index (χ3v) is 6.71. The van der Waals surface area contributed by atoms with Gasteiger partial charge < -0.3 is 16.0 Å². The fraction of sp³-hybridized carbons (Fsp3) is 0.250. The molecule has 6 heteroatoms. The Morgan fingerprint density at radius 1 is 0.900 bits per heavy atom. The van der Waals surface area contributed by atoms with Crippen molar-refractivity contribution in [3.8, 4) is 0 Å². The Bertz CT molecular complexity index is 1060. The van der Waals surface area contributed by atoms with E-state index in [0.717, 1.165) is 46.8 Å². The van der Waals surface area contributed by atoms with Crippen molar-refractivity contribution >= 4 is 51.0 Å². The summed E-state index contributed by atoms with van der Waals surface area (Å²) in [6, 6.07) is 17.7. The summed E-state index contributed by atoms with van der Waals surface area (Å²) in [5.41, 5.74) is 4.71. The first-order valence-corrected chi connectivity index (χ1v) is 11.5. The summed E-state index contributed by atoms with van der Waals surface area (Å²) in [6.45, 7) is 2.00. The number of fused-ring (bicyclic) bond motifs is 1. The second-order valence-corrected chi connectivity index (χ2v) is 9.00. The lowest BCUT2D eigenvalue weighted by atomic mass is 10.0. The van der Waals surface area contributed by atoms with Crippen LogP contribution in [0, 0.1) is 6.92 Å². The lowest BCUT2D eigenvalue weighted by Crippen LogP contribution is -2.21. The summed E-state index contributed by atoms with van der Waals surface area (Å²) in [6.07, 6.45) is 5.43. The number of para-hydroxylation sites is 2. The number of nitrogens with one attached hydrogen (secondary N) is 3. The van der Waals surface area contributed by atoms with Crippen molar-refractivity contribution in [3.05, 3.63) is 76.2 Å². The number of carbonyl (C=O) groups excluding carboxylic acids is 1. The fourth-order valence-corrected chi connectivity index (χ4v) is 5.33. The zero-order valence-electron chi connectivity index (χ0n) is 17.0. The van der Waals surface area contributed by atoms with Gasteiger partial charge in [-0.05, 0) is 74.2 Å². The van der Waals surface area contributed by atoms with Crippen molar-refractivity contribution in [1.29, 1.82) is 0 Å². The number of thiophene rings is 1. The van der Waals surface area contributed by atoms with Crippen LogP contribution in [0.2, 0.25) is 0 Å². The maximum absolute atomic E-state index is 13.4. The van der Waals surface area contributed by atoms with Crippen LogP contribution in [0.1, 0.15) is 45.6 Å².